The second kappa shape index (κ2) is 10.2. The fraction of sp³-hybridized carbons (Fsp3) is 0.297. The Morgan fingerprint density at radius 1 is 0.841 bits per heavy atom. The van der Waals surface area contributed by atoms with Crippen molar-refractivity contribution >= 4 is 26.7 Å². The Kier molecular flexibility index (Phi) is 6.59. The van der Waals surface area contributed by atoms with Crippen molar-refractivity contribution in [3.8, 4) is 16.9 Å². The van der Waals surface area contributed by atoms with Gasteiger partial charge in [0.15, 0.2) is 0 Å². The molecule has 3 aromatic carbocycles. The van der Waals surface area contributed by atoms with E-state index in [1.807, 2.05) is 49.5 Å². The van der Waals surface area contributed by atoms with Crippen LogP contribution in [0.25, 0.3) is 16.6 Å². The lowest BCUT2D eigenvalue weighted by Gasteiger charge is -2.44. The third-order valence-electron chi connectivity index (χ3n) is 9.52. The molecule has 1 unspecified atom stereocenters. The molecule has 2 aliphatic rings. The van der Waals surface area contributed by atoms with Crippen molar-refractivity contribution < 1.29 is 13.2 Å². The zero-order chi connectivity index (χ0) is 31.0. The summed E-state index contributed by atoms with van der Waals surface area (Å²) in [6, 6.07) is 24.3. The molecule has 1 atom stereocenters. The number of nitrogens with zero attached hydrogens (tertiary/aromatic N) is 3. The number of rotatable bonds is 6. The van der Waals surface area contributed by atoms with Gasteiger partial charge in [0.05, 0.1) is 15.5 Å². The van der Waals surface area contributed by atoms with Gasteiger partial charge in [0, 0.05) is 72.0 Å². The highest BCUT2D eigenvalue weighted by atomic mass is 32.2. The molecule has 7 heteroatoms. The molecular weight excluding hydrogens is 566 g/mol. The molecule has 0 amide bonds. The van der Waals surface area contributed by atoms with Gasteiger partial charge < -0.3 is 18.9 Å². The Morgan fingerprint density at radius 2 is 1.55 bits per heavy atom. The van der Waals surface area contributed by atoms with Crippen molar-refractivity contribution in [1.82, 2.24) is 4.40 Å². The lowest BCUT2D eigenvalue weighted by Crippen LogP contribution is -2.44. The highest BCUT2D eigenvalue weighted by molar-refractivity contribution is 7.91. The van der Waals surface area contributed by atoms with E-state index in [1.54, 1.807) is 0 Å². The summed E-state index contributed by atoms with van der Waals surface area (Å²) in [5.41, 5.74) is 8.27. The number of hydrogen-bond acceptors (Lipinski definition) is 5. The molecule has 0 radical (unpaired) electrons. The lowest BCUT2D eigenvalue weighted by atomic mass is 9.77. The number of fused-ring (bicyclic) bond motifs is 10. The summed E-state index contributed by atoms with van der Waals surface area (Å²) in [5, 5.41) is 0. The van der Waals surface area contributed by atoms with Gasteiger partial charge in [0.1, 0.15) is 5.75 Å². The van der Waals surface area contributed by atoms with Crippen LogP contribution in [0, 0.1) is 13.8 Å². The first-order valence-corrected chi connectivity index (χ1v) is 17.1. The molecule has 226 valence electrons. The van der Waals surface area contributed by atoms with E-state index < -0.39 is 15.4 Å². The van der Waals surface area contributed by atoms with Gasteiger partial charge in [-0.2, -0.15) is 0 Å². The SMILES string of the molecule is CCCN(CC)c1ccc2c(c1)S(=O)(=O)c1cc(N(C)CC)ccc1C21Oc2ccc(C)cc2-c2c(C)c3ccccn3c21. The summed E-state index contributed by atoms with van der Waals surface area (Å²) < 4.78 is 39.1. The second-order valence-electron chi connectivity index (χ2n) is 12.0. The fourth-order valence-electron chi connectivity index (χ4n) is 7.22. The van der Waals surface area contributed by atoms with E-state index in [9.17, 15) is 8.42 Å². The van der Waals surface area contributed by atoms with Crippen LogP contribution in [0.4, 0.5) is 11.4 Å². The van der Waals surface area contributed by atoms with Crippen molar-refractivity contribution in [1.29, 1.82) is 0 Å². The number of benzene rings is 3. The zero-order valence-corrected chi connectivity index (χ0v) is 27.1. The van der Waals surface area contributed by atoms with Crippen LogP contribution >= 0.6 is 0 Å². The van der Waals surface area contributed by atoms with Gasteiger partial charge in [-0.05, 0) is 88.2 Å². The maximum absolute atomic E-state index is 14.8. The first kappa shape index (κ1) is 28.5. The van der Waals surface area contributed by atoms with Crippen LogP contribution in [0.5, 0.6) is 5.75 Å². The van der Waals surface area contributed by atoms with Crippen molar-refractivity contribution in [2.45, 2.75) is 56.4 Å². The van der Waals surface area contributed by atoms with Crippen LogP contribution < -0.4 is 14.5 Å². The largest absolute Gasteiger partial charge is 0.471 e. The molecule has 0 saturated carbocycles. The molecule has 6 nitrogen and oxygen atoms in total. The van der Waals surface area contributed by atoms with Gasteiger partial charge in [-0.15, -0.1) is 0 Å². The Bertz CT molecular complexity index is 2060. The molecule has 4 heterocycles. The summed E-state index contributed by atoms with van der Waals surface area (Å²) >= 11 is 0. The standard InChI is InChI=1S/C37H39N3O3S/c1-7-19-39(9-3)27-15-17-30-34(23-27)44(41,42)33-22-26(38(6)8-2)14-16-29(33)37(30)36-35(25(5)31-12-10-11-20-40(31)36)28-21-24(4)13-18-32(28)43-37/h10-18,20-23H,7-9,19H2,1-6H3. The monoisotopic (exact) mass is 605 g/mol. The maximum Gasteiger partial charge on any atom is 0.207 e. The molecule has 0 fully saturated rings. The molecule has 2 aromatic heterocycles. The predicted molar refractivity (Wildman–Crippen MR) is 178 cm³/mol. The van der Waals surface area contributed by atoms with Gasteiger partial charge >= 0.3 is 0 Å². The van der Waals surface area contributed by atoms with Crippen LogP contribution in [-0.2, 0) is 15.4 Å². The molecule has 5 aromatic rings. The quantitative estimate of drug-likeness (QED) is 0.198. The molecule has 44 heavy (non-hydrogen) atoms. The summed E-state index contributed by atoms with van der Waals surface area (Å²) in [7, 11) is -1.91. The molecule has 2 aliphatic heterocycles. The molecule has 1 spiro atoms. The first-order valence-electron chi connectivity index (χ1n) is 15.6. The number of anilines is 2. The van der Waals surface area contributed by atoms with Crippen LogP contribution in [0.1, 0.15) is 55.1 Å². The van der Waals surface area contributed by atoms with Crippen molar-refractivity contribution in [3.05, 3.63) is 107 Å². The van der Waals surface area contributed by atoms with Gasteiger partial charge in [-0.3, -0.25) is 0 Å². The number of pyridine rings is 1. The number of aromatic nitrogens is 1. The Labute approximate surface area is 260 Å². The summed E-state index contributed by atoms with van der Waals surface area (Å²) in [6.45, 7) is 13.0. The topological polar surface area (TPSA) is 54.3 Å². The van der Waals surface area contributed by atoms with E-state index in [0.29, 0.717) is 20.9 Å². The number of aryl methyl sites for hydroxylation is 2. The Balaban J connectivity index is 1.66. The van der Waals surface area contributed by atoms with Crippen LogP contribution in [0.3, 0.4) is 0 Å². The van der Waals surface area contributed by atoms with Gasteiger partial charge in [-0.25, -0.2) is 8.42 Å². The average molecular weight is 606 g/mol. The van der Waals surface area contributed by atoms with E-state index in [2.05, 4.69) is 85.3 Å². The third-order valence-corrected chi connectivity index (χ3v) is 11.4. The molecule has 0 bridgehead atoms. The van der Waals surface area contributed by atoms with Gasteiger partial charge in [0.2, 0.25) is 15.4 Å². The van der Waals surface area contributed by atoms with Gasteiger partial charge in [-0.1, -0.05) is 36.8 Å². The summed E-state index contributed by atoms with van der Waals surface area (Å²) in [6.07, 6.45) is 3.04. The minimum Gasteiger partial charge on any atom is -0.471 e. The average Bonchev–Trinajstić information content (AvgIpc) is 3.35. The van der Waals surface area contributed by atoms with Crippen LogP contribution in [0.15, 0.2) is 88.8 Å². The smallest absolute Gasteiger partial charge is 0.207 e. The van der Waals surface area contributed by atoms with E-state index in [1.165, 1.54) is 0 Å². The van der Waals surface area contributed by atoms with E-state index in [-0.39, 0.29) is 0 Å². The summed E-state index contributed by atoms with van der Waals surface area (Å²) in [5.74, 6) is 0.748. The highest BCUT2D eigenvalue weighted by Gasteiger charge is 2.55. The first-order chi connectivity index (χ1) is 21.2. The van der Waals surface area contributed by atoms with Crippen molar-refractivity contribution in [2.24, 2.45) is 0 Å². The maximum atomic E-state index is 14.8. The van der Waals surface area contributed by atoms with Crippen molar-refractivity contribution in [3.63, 3.8) is 0 Å². The minimum atomic E-state index is -3.90. The van der Waals surface area contributed by atoms with Crippen molar-refractivity contribution in [2.75, 3.05) is 36.5 Å². The zero-order valence-electron chi connectivity index (χ0n) is 26.3. The molecule has 0 aliphatic carbocycles. The summed E-state index contributed by atoms with van der Waals surface area (Å²) in [4.78, 5) is 4.90. The van der Waals surface area contributed by atoms with Gasteiger partial charge in [0.25, 0.3) is 0 Å². The predicted octanol–water partition coefficient (Wildman–Crippen LogP) is 7.75. The Morgan fingerprint density at radius 3 is 2.23 bits per heavy atom. The third kappa shape index (κ3) is 3.81. The van der Waals surface area contributed by atoms with E-state index in [0.717, 1.165) is 76.6 Å². The fourth-order valence-corrected chi connectivity index (χ4v) is 9.01. The Hall–Kier alpha value is -4.23. The molecular formula is C37H39N3O3S. The minimum absolute atomic E-state index is 0.295. The van der Waals surface area contributed by atoms with E-state index in [4.69, 9.17) is 4.74 Å². The lowest BCUT2D eigenvalue weighted by molar-refractivity contribution is 0.138. The van der Waals surface area contributed by atoms with Crippen LogP contribution in [0.2, 0.25) is 0 Å². The van der Waals surface area contributed by atoms with E-state index >= 15 is 0 Å². The molecule has 0 saturated heterocycles. The van der Waals surface area contributed by atoms with Crippen LogP contribution in [-0.4, -0.2) is 39.5 Å². The normalized spacial score (nSPS) is 17.4. The number of hydrogen-bond donors (Lipinski definition) is 0. The number of ether oxygens (including phenoxy) is 1. The molecule has 7 rings (SSSR count). The molecule has 0 N–H and O–H groups in total. The highest BCUT2D eigenvalue weighted by Crippen LogP contribution is 2.58. The second-order valence-corrected chi connectivity index (χ2v) is 13.9. The number of sulfone groups is 1.